The number of methoxy groups -OCH3 is 3. The molecule has 0 spiro atoms. The van der Waals surface area contributed by atoms with Crippen molar-refractivity contribution in [2.75, 3.05) is 27.9 Å². The summed E-state index contributed by atoms with van der Waals surface area (Å²) in [6, 6.07) is 1.24. The Balaban J connectivity index is 3.21. The lowest BCUT2D eigenvalue weighted by atomic mass is 9.88. The maximum atomic E-state index is 14.1. The number of alkyl halides is 17. The number of carbonyl (C=O) groups is 1. The van der Waals surface area contributed by atoms with E-state index in [1.54, 1.807) is 0 Å². The van der Waals surface area contributed by atoms with E-state index in [0.717, 1.165) is 33.5 Å². The minimum Gasteiger partial charge on any atom is -0.496 e. The summed E-state index contributed by atoms with van der Waals surface area (Å²) in [4.78, 5) is 11.6. The molecule has 1 rings (SSSR count). The summed E-state index contributed by atoms with van der Waals surface area (Å²) in [5.74, 6) is -57.8. The smallest absolute Gasteiger partial charge is 0.460 e. The Morgan fingerprint density at radius 2 is 1.09 bits per heavy atom. The molecule has 47 heavy (non-hydrogen) atoms. The molecule has 0 fully saturated rings. The van der Waals surface area contributed by atoms with Crippen molar-refractivity contribution >= 4 is 5.97 Å². The van der Waals surface area contributed by atoms with E-state index in [4.69, 9.17) is 14.2 Å². The van der Waals surface area contributed by atoms with Crippen LogP contribution in [0, 0.1) is 0 Å². The van der Waals surface area contributed by atoms with Crippen molar-refractivity contribution in [3.05, 3.63) is 17.7 Å². The van der Waals surface area contributed by atoms with Gasteiger partial charge in [0.05, 0.1) is 33.5 Å². The minimum absolute atomic E-state index is 0.0588. The Morgan fingerprint density at radius 1 is 0.681 bits per heavy atom. The van der Waals surface area contributed by atoms with E-state index in [9.17, 15) is 79.4 Å². The minimum atomic E-state index is -8.68. The maximum Gasteiger partial charge on any atom is 0.460 e. The quantitative estimate of drug-likeness (QED) is 0.102. The summed E-state index contributed by atoms with van der Waals surface area (Å²) in [5, 5.41) is 2.74. The standard InChI is InChI=1S/C24H24F17NO5/c1-11(16(43)46-4)42-10-13-14(44-2)8-12(9-15(13)45-3)47-7-5-6-17(25,26)18(27,28)19(29,30)20(31,32)21(33,34)22(35,36)23(37,38)24(39,40)41/h8-9,11,42H,5-7,10H2,1-4H3/t11-/m0/s1. The Kier molecular flexibility index (Phi) is 12.3. The van der Waals surface area contributed by atoms with Crippen molar-refractivity contribution in [1.29, 1.82) is 0 Å². The zero-order chi connectivity index (χ0) is 37.2. The van der Waals surface area contributed by atoms with Gasteiger partial charge in [0, 0.05) is 25.1 Å². The fourth-order valence-corrected chi connectivity index (χ4v) is 3.57. The molecule has 1 aromatic rings. The second kappa shape index (κ2) is 13.8. The number of carbonyl (C=O) groups excluding carboxylic acids is 1. The molecular weight excluding hydrogens is 705 g/mol. The number of benzene rings is 1. The molecule has 0 unspecified atom stereocenters. The molecule has 6 nitrogen and oxygen atoms in total. The molecule has 274 valence electrons. The summed E-state index contributed by atoms with van der Waals surface area (Å²) in [7, 11) is 3.35. The van der Waals surface area contributed by atoms with Crippen LogP contribution in [0.2, 0.25) is 0 Å². The molecule has 0 heterocycles. The van der Waals surface area contributed by atoms with Gasteiger partial charge in [-0.2, -0.15) is 74.6 Å². The highest BCUT2D eigenvalue weighted by molar-refractivity contribution is 5.75. The fourth-order valence-electron chi connectivity index (χ4n) is 3.57. The van der Waals surface area contributed by atoms with Gasteiger partial charge < -0.3 is 24.3 Å². The topological polar surface area (TPSA) is 66.0 Å². The average Bonchev–Trinajstić information content (AvgIpc) is 2.95. The Labute approximate surface area is 253 Å². The second-order valence-corrected chi connectivity index (χ2v) is 9.53. The van der Waals surface area contributed by atoms with E-state index < -0.39 is 79.1 Å². The highest BCUT2D eigenvalue weighted by atomic mass is 19.4. The summed E-state index contributed by atoms with van der Waals surface area (Å²) in [5.41, 5.74) is 0.225. The third kappa shape index (κ3) is 7.32. The number of hydrogen-bond donors (Lipinski definition) is 1. The van der Waals surface area contributed by atoms with E-state index in [2.05, 4.69) is 10.1 Å². The van der Waals surface area contributed by atoms with Crippen LogP contribution in [0.15, 0.2) is 12.1 Å². The normalized spacial score (nSPS) is 14.9. The molecular formula is C24H24F17NO5. The molecule has 0 amide bonds. The third-order valence-corrected chi connectivity index (χ3v) is 6.41. The van der Waals surface area contributed by atoms with Crippen LogP contribution in [-0.4, -0.2) is 87.6 Å². The van der Waals surface area contributed by atoms with E-state index in [1.165, 1.54) is 6.92 Å². The third-order valence-electron chi connectivity index (χ3n) is 6.41. The van der Waals surface area contributed by atoms with E-state index >= 15 is 0 Å². The van der Waals surface area contributed by atoms with Crippen LogP contribution >= 0.6 is 0 Å². The molecule has 0 bridgehead atoms. The SMILES string of the molecule is COC(=O)[C@H](C)NCc1c(OC)cc(OCCCC(F)(F)C(F)(F)C(F)(F)C(F)(F)C(F)(F)C(F)(F)C(F)(F)C(F)(F)F)cc1OC. The molecule has 0 radical (unpaired) electrons. The average molecular weight is 729 g/mol. The van der Waals surface area contributed by atoms with E-state index in [1.807, 2.05) is 0 Å². The van der Waals surface area contributed by atoms with Crippen molar-refractivity contribution in [3.63, 3.8) is 0 Å². The number of rotatable bonds is 17. The molecule has 0 aliphatic heterocycles. The van der Waals surface area contributed by atoms with Gasteiger partial charge >= 0.3 is 53.6 Å². The number of esters is 1. The van der Waals surface area contributed by atoms with Crippen LogP contribution in [0.25, 0.3) is 0 Å². The van der Waals surface area contributed by atoms with Crippen LogP contribution in [-0.2, 0) is 16.1 Å². The van der Waals surface area contributed by atoms with Gasteiger partial charge in [-0.1, -0.05) is 0 Å². The number of hydrogen-bond acceptors (Lipinski definition) is 6. The first-order valence-corrected chi connectivity index (χ1v) is 12.4. The molecule has 23 heteroatoms. The van der Waals surface area contributed by atoms with Crippen LogP contribution in [0.3, 0.4) is 0 Å². The van der Waals surface area contributed by atoms with E-state index in [-0.39, 0.29) is 29.4 Å². The molecule has 0 saturated heterocycles. The number of halogens is 17. The zero-order valence-corrected chi connectivity index (χ0v) is 24.0. The predicted molar refractivity (Wildman–Crippen MR) is 123 cm³/mol. The predicted octanol–water partition coefficient (Wildman–Crippen LogP) is 7.52. The van der Waals surface area contributed by atoms with Gasteiger partial charge in [-0.05, 0) is 13.3 Å². The Morgan fingerprint density at radius 3 is 1.47 bits per heavy atom. The van der Waals surface area contributed by atoms with Crippen LogP contribution in [0.5, 0.6) is 17.2 Å². The summed E-state index contributed by atoms with van der Waals surface area (Å²) in [6.45, 7) is 0.149. The maximum absolute atomic E-state index is 14.1. The lowest BCUT2D eigenvalue weighted by Gasteiger charge is -2.42. The van der Waals surface area contributed by atoms with Crippen LogP contribution in [0.1, 0.15) is 25.3 Å². The van der Waals surface area contributed by atoms with Crippen molar-refractivity contribution in [3.8, 4) is 17.2 Å². The first-order chi connectivity index (χ1) is 21.0. The Hall–Kier alpha value is -3.14. The highest BCUT2D eigenvalue weighted by Gasteiger charge is 2.95. The highest BCUT2D eigenvalue weighted by Crippen LogP contribution is 2.64. The van der Waals surface area contributed by atoms with E-state index in [0.29, 0.717) is 0 Å². The zero-order valence-electron chi connectivity index (χ0n) is 24.0. The summed E-state index contributed by atoms with van der Waals surface area (Å²) < 4.78 is 248. The summed E-state index contributed by atoms with van der Waals surface area (Å²) in [6.07, 6.45) is -11.9. The lowest BCUT2D eigenvalue weighted by molar-refractivity contribution is -0.461. The van der Waals surface area contributed by atoms with Crippen molar-refractivity contribution in [2.45, 2.75) is 80.0 Å². The molecule has 1 N–H and O–H groups in total. The van der Waals surface area contributed by atoms with Gasteiger partial charge in [-0.3, -0.25) is 4.79 Å². The van der Waals surface area contributed by atoms with Gasteiger partial charge in [0.2, 0.25) is 0 Å². The van der Waals surface area contributed by atoms with Gasteiger partial charge in [-0.15, -0.1) is 0 Å². The molecule has 1 aromatic carbocycles. The van der Waals surface area contributed by atoms with Crippen molar-refractivity contribution < 1.29 is 98.4 Å². The monoisotopic (exact) mass is 729 g/mol. The van der Waals surface area contributed by atoms with Crippen molar-refractivity contribution in [1.82, 2.24) is 5.32 Å². The number of ether oxygens (including phenoxy) is 4. The van der Waals surface area contributed by atoms with Gasteiger partial charge in [0.15, 0.2) is 0 Å². The molecule has 0 aliphatic rings. The Bertz CT molecular complexity index is 1210. The molecule has 0 aliphatic carbocycles. The molecule has 0 saturated carbocycles. The van der Waals surface area contributed by atoms with Gasteiger partial charge in [0.1, 0.15) is 23.3 Å². The fraction of sp³-hybridized carbons (Fsp3) is 0.708. The van der Waals surface area contributed by atoms with Crippen LogP contribution in [0.4, 0.5) is 74.6 Å². The summed E-state index contributed by atoms with van der Waals surface area (Å²) >= 11 is 0. The first-order valence-electron chi connectivity index (χ1n) is 12.4. The number of nitrogens with one attached hydrogen (secondary N) is 1. The van der Waals surface area contributed by atoms with Crippen LogP contribution < -0.4 is 19.5 Å². The lowest BCUT2D eigenvalue weighted by Crippen LogP contribution is -2.74. The van der Waals surface area contributed by atoms with Crippen molar-refractivity contribution in [2.24, 2.45) is 0 Å². The second-order valence-electron chi connectivity index (χ2n) is 9.53. The molecule has 1 atom stereocenters. The van der Waals surface area contributed by atoms with Gasteiger partial charge in [0.25, 0.3) is 0 Å². The largest absolute Gasteiger partial charge is 0.496 e. The first kappa shape index (κ1) is 41.9. The molecule has 0 aromatic heterocycles. The van der Waals surface area contributed by atoms with Gasteiger partial charge in [-0.25, -0.2) is 0 Å².